The Labute approximate surface area is 160 Å². The molecule has 0 spiro atoms. The van der Waals surface area contributed by atoms with Crippen molar-refractivity contribution in [1.82, 2.24) is 0 Å². The quantitative estimate of drug-likeness (QED) is 0.640. The molecule has 144 valence electrons. The SMILES string of the molecule is CC(=O)Nc1ccc2c(c1)[C@@H](P(=O)(OC(C)C)OC(C)C)c1ccccc1-2. The lowest BCUT2D eigenvalue weighted by Crippen LogP contribution is -2.13. The minimum Gasteiger partial charge on any atom is -0.326 e. The molecule has 0 saturated carbocycles. The van der Waals surface area contributed by atoms with Gasteiger partial charge < -0.3 is 14.4 Å². The highest BCUT2D eigenvalue weighted by molar-refractivity contribution is 7.54. The van der Waals surface area contributed by atoms with Crippen molar-refractivity contribution in [3.05, 3.63) is 53.6 Å². The van der Waals surface area contributed by atoms with Crippen LogP contribution in [0.15, 0.2) is 42.5 Å². The van der Waals surface area contributed by atoms with Gasteiger partial charge in [0, 0.05) is 12.6 Å². The first-order chi connectivity index (χ1) is 12.7. The molecule has 0 fully saturated rings. The highest BCUT2D eigenvalue weighted by atomic mass is 31.2. The number of benzene rings is 2. The van der Waals surface area contributed by atoms with Crippen LogP contribution in [0, 0.1) is 0 Å². The number of anilines is 1. The number of fused-ring (bicyclic) bond motifs is 3. The van der Waals surface area contributed by atoms with Crippen molar-refractivity contribution < 1.29 is 18.4 Å². The minimum atomic E-state index is -3.51. The smallest absolute Gasteiger partial charge is 0.326 e. The Morgan fingerprint density at radius 1 is 0.963 bits per heavy atom. The van der Waals surface area contributed by atoms with E-state index in [4.69, 9.17) is 9.05 Å². The van der Waals surface area contributed by atoms with Gasteiger partial charge in [0.15, 0.2) is 0 Å². The van der Waals surface area contributed by atoms with Crippen LogP contribution < -0.4 is 5.32 Å². The first-order valence-electron chi connectivity index (χ1n) is 9.18. The van der Waals surface area contributed by atoms with Crippen molar-refractivity contribution in [3.63, 3.8) is 0 Å². The molecule has 0 radical (unpaired) electrons. The molecule has 6 heteroatoms. The third-order valence-electron chi connectivity index (χ3n) is 4.24. The first-order valence-corrected chi connectivity index (χ1v) is 10.8. The first kappa shape index (κ1) is 19.8. The highest BCUT2D eigenvalue weighted by Gasteiger charge is 2.45. The van der Waals surface area contributed by atoms with Gasteiger partial charge in [0.1, 0.15) is 5.66 Å². The van der Waals surface area contributed by atoms with E-state index in [-0.39, 0.29) is 18.1 Å². The molecule has 2 aromatic rings. The van der Waals surface area contributed by atoms with E-state index in [1.807, 2.05) is 70.2 Å². The molecule has 0 heterocycles. The summed E-state index contributed by atoms with van der Waals surface area (Å²) in [7, 11) is -3.51. The standard InChI is InChI=1S/C21H26NO4P/c1-13(2)25-27(24,26-14(3)4)21-19-9-7-6-8-17(19)18-11-10-16(12-20(18)21)22-15(5)23/h6-14,21H,1-5H3,(H,22,23)/t21-/m0/s1. The second kappa shape index (κ2) is 7.59. The van der Waals surface area contributed by atoms with Crippen LogP contribution in [0.1, 0.15) is 51.4 Å². The maximum absolute atomic E-state index is 14.0. The number of carbonyl (C=O) groups is 1. The third-order valence-corrected chi connectivity index (χ3v) is 6.86. The molecule has 2 aromatic carbocycles. The van der Waals surface area contributed by atoms with Crippen LogP contribution in [-0.2, 0) is 18.4 Å². The van der Waals surface area contributed by atoms with Crippen LogP contribution in [0.3, 0.4) is 0 Å². The molecule has 1 atom stereocenters. The fourth-order valence-electron chi connectivity index (χ4n) is 3.54. The van der Waals surface area contributed by atoms with Crippen molar-refractivity contribution in [2.75, 3.05) is 5.32 Å². The Bertz CT molecular complexity index is 893. The number of rotatable bonds is 6. The van der Waals surface area contributed by atoms with Gasteiger partial charge in [-0.2, -0.15) is 0 Å². The maximum atomic E-state index is 14.0. The van der Waals surface area contributed by atoms with E-state index >= 15 is 0 Å². The molecule has 0 saturated heterocycles. The molecule has 1 amide bonds. The van der Waals surface area contributed by atoms with E-state index in [9.17, 15) is 9.36 Å². The highest BCUT2D eigenvalue weighted by Crippen LogP contribution is 2.69. The van der Waals surface area contributed by atoms with Crippen molar-refractivity contribution in [3.8, 4) is 11.1 Å². The maximum Gasteiger partial charge on any atom is 0.343 e. The Kier molecular flexibility index (Phi) is 5.57. The van der Waals surface area contributed by atoms with Gasteiger partial charge >= 0.3 is 7.60 Å². The summed E-state index contributed by atoms with van der Waals surface area (Å²) in [6, 6.07) is 13.6. The zero-order valence-electron chi connectivity index (χ0n) is 16.4. The number of carbonyl (C=O) groups excluding carboxylic acids is 1. The van der Waals surface area contributed by atoms with E-state index in [0.717, 1.165) is 22.3 Å². The Morgan fingerprint density at radius 2 is 1.56 bits per heavy atom. The molecule has 5 nitrogen and oxygen atoms in total. The van der Waals surface area contributed by atoms with Gasteiger partial charge in [-0.1, -0.05) is 30.3 Å². The van der Waals surface area contributed by atoms with Crippen molar-refractivity contribution in [2.24, 2.45) is 0 Å². The summed E-state index contributed by atoms with van der Waals surface area (Å²) in [4.78, 5) is 11.5. The molecule has 27 heavy (non-hydrogen) atoms. The number of hydrogen-bond donors (Lipinski definition) is 1. The Balaban J connectivity index is 2.19. The summed E-state index contributed by atoms with van der Waals surface area (Å²) < 4.78 is 25.8. The number of nitrogens with one attached hydrogen (secondary N) is 1. The third kappa shape index (κ3) is 4.01. The van der Waals surface area contributed by atoms with Crippen LogP contribution >= 0.6 is 7.60 Å². The summed E-state index contributed by atoms with van der Waals surface area (Å²) in [5, 5.41) is 2.80. The molecule has 1 aliphatic carbocycles. The van der Waals surface area contributed by atoms with Gasteiger partial charge in [-0.15, -0.1) is 0 Å². The van der Waals surface area contributed by atoms with Crippen LogP contribution in [0.25, 0.3) is 11.1 Å². The molecule has 0 aromatic heterocycles. The molecule has 3 rings (SSSR count). The summed E-state index contributed by atoms with van der Waals surface area (Å²) in [6.45, 7) is 8.88. The van der Waals surface area contributed by atoms with Gasteiger partial charge in [-0.05, 0) is 62.1 Å². The van der Waals surface area contributed by atoms with Crippen LogP contribution in [0.4, 0.5) is 5.69 Å². The van der Waals surface area contributed by atoms with Gasteiger partial charge in [0.25, 0.3) is 0 Å². The summed E-state index contributed by atoms with van der Waals surface area (Å²) >= 11 is 0. The van der Waals surface area contributed by atoms with Crippen molar-refractivity contribution >= 4 is 19.2 Å². The van der Waals surface area contributed by atoms with E-state index in [0.29, 0.717) is 5.69 Å². The van der Waals surface area contributed by atoms with Crippen molar-refractivity contribution in [2.45, 2.75) is 52.5 Å². The van der Waals surface area contributed by atoms with E-state index < -0.39 is 13.3 Å². The zero-order chi connectivity index (χ0) is 19.8. The summed E-state index contributed by atoms with van der Waals surface area (Å²) in [5.74, 6) is -0.151. The lowest BCUT2D eigenvalue weighted by Gasteiger charge is -2.29. The predicted molar refractivity (Wildman–Crippen MR) is 108 cm³/mol. The minimum absolute atomic E-state index is 0.151. The summed E-state index contributed by atoms with van der Waals surface area (Å²) in [5.41, 5.74) is 3.93. The second-order valence-electron chi connectivity index (χ2n) is 7.32. The molecule has 1 N–H and O–H groups in total. The average Bonchev–Trinajstić information content (AvgIpc) is 2.86. The fourth-order valence-corrected chi connectivity index (χ4v) is 6.13. The molecular weight excluding hydrogens is 361 g/mol. The van der Waals surface area contributed by atoms with Gasteiger partial charge in [-0.25, -0.2) is 0 Å². The van der Waals surface area contributed by atoms with E-state index in [2.05, 4.69) is 5.32 Å². The molecule has 1 aliphatic rings. The number of amides is 1. The normalized spacial score (nSPS) is 15.7. The summed E-state index contributed by atoms with van der Waals surface area (Å²) in [6.07, 6.45) is -0.492. The van der Waals surface area contributed by atoms with Crippen molar-refractivity contribution in [1.29, 1.82) is 0 Å². The monoisotopic (exact) mass is 387 g/mol. The fraction of sp³-hybridized carbons (Fsp3) is 0.381. The van der Waals surface area contributed by atoms with E-state index in [1.54, 1.807) is 0 Å². The van der Waals surface area contributed by atoms with Crippen LogP contribution in [0.5, 0.6) is 0 Å². The van der Waals surface area contributed by atoms with Crippen LogP contribution in [-0.4, -0.2) is 18.1 Å². The molecule has 0 unspecified atom stereocenters. The van der Waals surface area contributed by atoms with Gasteiger partial charge in [-0.3, -0.25) is 9.36 Å². The topological polar surface area (TPSA) is 64.6 Å². The largest absolute Gasteiger partial charge is 0.343 e. The van der Waals surface area contributed by atoms with Crippen LogP contribution in [0.2, 0.25) is 0 Å². The predicted octanol–water partition coefficient (Wildman–Crippen LogP) is 5.76. The van der Waals surface area contributed by atoms with Gasteiger partial charge in [0.05, 0.1) is 12.2 Å². The number of hydrogen-bond acceptors (Lipinski definition) is 4. The average molecular weight is 387 g/mol. The van der Waals surface area contributed by atoms with Gasteiger partial charge in [0.2, 0.25) is 5.91 Å². The molecule has 0 bridgehead atoms. The molecular formula is C21H26NO4P. The zero-order valence-corrected chi connectivity index (χ0v) is 17.2. The van der Waals surface area contributed by atoms with E-state index in [1.165, 1.54) is 6.92 Å². The Morgan fingerprint density at radius 3 is 2.15 bits per heavy atom. The lowest BCUT2D eigenvalue weighted by molar-refractivity contribution is -0.114. The Hall–Kier alpha value is -1.94. The second-order valence-corrected chi connectivity index (χ2v) is 9.34. The lowest BCUT2D eigenvalue weighted by atomic mass is 10.1. The molecule has 0 aliphatic heterocycles.